The Morgan fingerprint density at radius 2 is 1.21 bits per heavy atom. The van der Waals surface area contributed by atoms with E-state index in [0.717, 1.165) is 19.3 Å². The summed E-state index contributed by atoms with van der Waals surface area (Å²) >= 11 is 0. The summed E-state index contributed by atoms with van der Waals surface area (Å²) in [5, 5.41) is 10.8. The van der Waals surface area contributed by atoms with Crippen molar-refractivity contribution >= 4 is 16.6 Å². The van der Waals surface area contributed by atoms with Gasteiger partial charge in [0.05, 0.1) is 42.7 Å². The number of rotatable bonds is 13. The van der Waals surface area contributed by atoms with Crippen LogP contribution in [-0.4, -0.2) is 76.7 Å². The summed E-state index contributed by atoms with van der Waals surface area (Å²) in [5.41, 5.74) is 2.35. The molecule has 0 aromatic heterocycles. The molecule has 1 N–H and O–H groups in total. The molecule has 6 nitrogen and oxygen atoms in total. The second-order valence-electron chi connectivity index (χ2n) is 15.6. The van der Waals surface area contributed by atoms with Crippen molar-refractivity contribution in [2.24, 2.45) is 0 Å². The van der Waals surface area contributed by atoms with Crippen molar-refractivity contribution in [3.63, 3.8) is 0 Å². The molecule has 3 fully saturated rings. The van der Waals surface area contributed by atoms with Gasteiger partial charge < -0.3 is 28.2 Å². The normalized spacial score (nSPS) is 34.5. The summed E-state index contributed by atoms with van der Waals surface area (Å²) in [6, 6.07) is 0. The molecule has 8 atom stereocenters. The molecular formula is C34H66O6Si2. The Morgan fingerprint density at radius 1 is 0.738 bits per heavy atom. The van der Waals surface area contributed by atoms with E-state index in [1.54, 1.807) is 6.08 Å². The Morgan fingerprint density at radius 3 is 1.69 bits per heavy atom. The van der Waals surface area contributed by atoms with Gasteiger partial charge in [-0.2, -0.15) is 0 Å². The Bertz CT molecular complexity index is 833. The molecule has 3 aliphatic rings. The van der Waals surface area contributed by atoms with Crippen LogP contribution in [0.5, 0.6) is 0 Å². The molecule has 3 saturated heterocycles. The summed E-state index contributed by atoms with van der Waals surface area (Å²) in [5.74, 6) is 0. The van der Waals surface area contributed by atoms with Crippen LogP contribution in [0.15, 0.2) is 12.7 Å². The highest BCUT2D eigenvalue weighted by molar-refractivity contribution is 6.78. The molecule has 42 heavy (non-hydrogen) atoms. The first-order chi connectivity index (χ1) is 19.5. The van der Waals surface area contributed by atoms with Crippen molar-refractivity contribution in [3.05, 3.63) is 12.7 Å². The lowest BCUT2D eigenvalue weighted by Gasteiger charge is -2.54. The number of aliphatic hydroxyl groups is 1. The Labute approximate surface area is 260 Å². The number of fused-ring (bicyclic) bond motifs is 2. The van der Waals surface area contributed by atoms with Gasteiger partial charge in [0, 0.05) is 25.9 Å². The number of hydrogen-bond acceptors (Lipinski definition) is 6. The molecule has 246 valence electrons. The van der Waals surface area contributed by atoms with E-state index in [9.17, 15) is 5.11 Å². The van der Waals surface area contributed by atoms with E-state index in [1.807, 2.05) is 6.92 Å². The maximum absolute atomic E-state index is 10.8. The predicted molar refractivity (Wildman–Crippen MR) is 178 cm³/mol. The summed E-state index contributed by atoms with van der Waals surface area (Å²) in [6.07, 6.45) is 3.58. The Hall–Kier alpha value is -0.0662. The molecule has 0 radical (unpaired) electrons. The van der Waals surface area contributed by atoms with Gasteiger partial charge in [0.15, 0.2) is 8.32 Å². The van der Waals surface area contributed by atoms with Gasteiger partial charge in [-0.3, -0.25) is 0 Å². The lowest BCUT2D eigenvalue weighted by Crippen LogP contribution is -2.63. The molecule has 0 amide bonds. The van der Waals surface area contributed by atoms with Crippen LogP contribution in [0.1, 0.15) is 116 Å². The van der Waals surface area contributed by atoms with Crippen LogP contribution in [0.2, 0.25) is 33.2 Å². The fourth-order valence-corrected chi connectivity index (χ4v) is 20.3. The third kappa shape index (κ3) is 6.86. The topological polar surface area (TPSA) is 66.4 Å². The molecule has 0 aromatic carbocycles. The quantitative estimate of drug-likeness (QED) is 0.163. The third-order valence-electron chi connectivity index (χ3n) is 11.3. The minimum Gasteiger partial charge on any atom is -0.416 e. The highest BCUT2D eigenvalue weighted by atomic mass is 28.4. The molecule has 0 bridgehead atoms. The molecule has 3 heterocycles. The van der Waals surface area contributed by atoms with E-state index in [2.05, 4.69) is 89.7 Å². The predicted octanol–water partition coefficient (Wildman–Crippen LogP) is 8.54. The molecule has 0 aromatic rings. The largest absolute Gasteiger partial charge is 0.416 e. The molecule has 0 unspecified atom stereocenters. The van der Waals surface area contributed by atoms with E-state index in [1.165, 1.54) is 0 Å². The van der Waals surface area contributed by atoms with Crippen LogP contribution < -0.4 is 0 Å². The SMILES string of the molecule is C=C[C@@]1(C)O[C@H]2C[C@H]3O[C@@H](CCO[Si](C(C)C)(C(C)C)C(C)C)[C@H](O[Si](C(C)C)(C(C)C)C(C)C)C[C@@H]3O[C@@H]2C[C@@H]1O. The van der Waals surface area contributed by atoms with E-state index in [-0.39, 0.29) is 36.6 Å². The molecule has 3 aliphatic heterocycles. The number of ether oxygens (including phenoxy) is 3. The monoisotopic (exact) mass is 626 g/mol. The summed E-state index contributed by atoms with van der Waals surface area (Å²) in [4.78, 5) is 0. The van der Waals surface area contributed by atoms with Crippen molar-refractivity contribution < 1.29 is 28.2 Å². The van der Waals surface area contributed by atoms with Crippen molar-refractivity contribution in [2.75, 3.05) is 6.61 Å². The first-order valence-electron chi connectivity index (χ1n) is 17.1. The van der Waals surface area contributed by atoms with Gasteiger partial charge in [0.25, 0.3) is 0 Å². The van der Waals surface area contributed by atoms with E-state index >= 15 is 0 Å². The zero-order valence-electron chi connectivity index (χ0n) is 29.3. The minimum atomic E-state index is -2.16. The lowest BCUT2D eigenvalue weighted by molar-refractivity contribution is -0.290. The van der Waals surface area contributed by atoms with Gasteiger partial charge in [-0.1, -0.05) is 89.2 Å². The second kappa shape index (κ2) is 14.1. The van der Waals surface area contributed by atoms with Crippen molar-refractivity contribution in [1.82, 2.24) is 0 Å². The van der Waals surface area contributed by atoms with Crippen LogP contribution in [0.3, 0.4) is 0 Å². The van der Waals surface area contributed by atoms with E-state index in [4.69, 9.17) is 23.1 Å². The van der Waals surface area contributed by atoms with Crippen molar-refractivity contribution in [2.45, 2.75) is 197 Å². The van der Waals surface area contributed by atoms with Gasteiger partial charge in [-0.25, -0.2) is 0 Å². The Kier molecular flexibility index (Phi) is 12.3. The van der Waals surface area contributed by atoms with Crippen LogP contribution >= 0.6 is 0 Å². The first kappa shape index (κ1) is 36.4. The lowest BCUT2D eigenvalue weighted by atomic mass is 9.82. The molecule has 8 heteroatoms. The average molecular weight is 627 g/mol. The summed E-state index contributed by atoms with van der Waals surface area (Å²) in [6.45, 7) is 34.8. The van der Waals surface area contributed by atoms with Gasteiger partial charge in [-0.15, -0.1) is 6.58 Å². The number of hydrogen-bond donors (Lipinski definition) is 1. The van der Waals surface area contributed by atoms with Gasteiger partial charge in [-0.05, 0) is 46.6 Å². The van der Waals surface area contributed by atoms with Crippen LogP contribution in [0, 0.1) is 0 Å². The van der Waals surface area contributed by atoms with Crippen LogP contribution in [-0.2, 0) is 23.1 Å². The van der Waals surface area contributed by atoms with E-state index in [0.29, 0.717) is 46.3 Å². The van der Waals surface area contributed by atoms with Crippen LogP contribution in [0.25, 0.3) is 0 Å². The average Bonchev–Trinajstić information content (AvgIpc) is 2.88. The van der Waals surface area contributed by atoms with Crippen molar-refractivity contribution in [1.29, 1.82) is 0 Å². The molecule has 0 aliphatic carbocycles. The van der Waals surface area contributed by atoms with Crippen LogP contribution in [0.4, 0.5) is 0 Å². The molecular weight excluding hydrogens is 561 g/mol. The van der Waals surface area contributed by atoms with Gasteiger partial charge in [0.1, 0.15) is 5.60 Å². The van der Waals surface area contributed by atoms with Gasteiger partial charge >= 0.3 is 0 Å². The molecule has 0 spiro atoms. The zero-order valence-corrected chi connectivity index (χ0v) is 31.3. The fraction of sp³-hybridized carbons (Fsp3) is 0.941. The molecule has 3 rings (SSSR count). The zero-order chi connectivity index (χ0) is 31.8. The maximum atomic E-state index is 10.8. The Balaban J connectivity index is 1.88. The highest BCUT2D eigenvalue weighted by Crippen LogP contribution is 2.48. The summed E-state index contributed by atoms with van der Waals surface area (Å²) < 4.78 is 34.6. The third-order valence-corrected chi connectivity index (χ3v) is 23.6. The highest BCUT2D eigenvalue weighted by Gasteiger charge is 2.55. The second-order valence-corrected chi connectivity index (χ2v) is 26.5. The summed E-state index contributed by atoms with van der Waals surface area (Å²) in [7, 11) is -4.14. The first-order valence-corrected chi connectivity index (χ1v) is 21.4. The fourth-order valence-electron chi connectivity index (χ4n) is 9.25. The maximum Gasteiger partial charge on any atom is 0.200 e. The van der Waals surface area contributed by atoms with Crippen molar-refractivity contribution in [3.8, 4) is 0 Å². The van der Waals surface area contributed by atoms with E-state index < -0.39 is 28.3 Å². The minimum absolute atomic E-state index is 0.0358. The number of aliphatic hydroxyl groups excluding tert-OH is 1. The molecule has 0 saturated carbocycles. The van der Waals surface area contributed by atoms with Gasteiger partial charge in [0.2, 0.25) is 8.32 Å². The standard InChI is InChI=1S/C34H66O6Si2/c1-15-34(14)33(35)20-30-31(39-34)18-28-29(38-30)19-32(40-42(24(8)9,25(10)11)26(12)13)27(37-28)16-17-36-41(21(2)3,22(4)5)23(6)7/h15,21-33,35H,1,16-20H2,2-14H3/t27-,28+,29-,30+,31-,32+,33-,34+/m0/s1. The smallest absolute Gasteiger partial charge is 0.200 e.